The van der Waals surface area contributed by atoms with Gasteiger partial charge in [0.2, 0.25) is 5.91 Å². The number of carbonyl (C=O) groups is 2. The topological polar surface area (TPSA) is 102 Å². The number of rotatable bonds is 4. The summed E-state index contributed by atoms with van der Waals surface area (Å²) in [5.74, 6) is 0.0191. The van der Waals surface area contributed by atoms with Gasteiger partial charge in [0.15, 0.2) is 0 Å². The van der Waals surface area contributed by atoms with E-state index in [1.165, 1.54) is 18.2 Å². The molecule has 29 heavy (non-hydrogen) atoms. The van der Waals surface area contributed by atoms with Gasteiger partial charge in [-0.25, -0.2) is 0 Å². The molecule has 0 bridgehead atoms. The van der Waals surface area contributed by atoms with Crippen LogP contribution in [-0.2, 0) is 4.79 Å². The normalized spacial score (nSPS) is 15.2. The fourth-order valence-electron chi connectivity index (χ4n) is 3.30. The first kappa shape index (κ1) is 20.3. The number of nitrogens with zero attached hydrogens (tertiary/aromatic N) is 2. The fourth-order valence-corrected chi connectivity index (χ4v) is 3.30. The molecule has 2 aromatic rings. The first-order valence-electron chi connectivity index (χ1n) is 9.30. The minimum Gasteiger partial charge on any atom is -0.490 e. The molecular formula is C21H23N3O5. The summed E-state index contributed by atoms with van der Waals surface area (Å²) < 4.78 is 5.87. The number of nitro groups is 1. The summed E-state index contributed by atoms with van der Waals surface area (Å²) in [4.78, 5) is 37.7. The molecule has 8 nitrogen and oxygen atoms in total. The minimum absolute atomic E-state index is 0.0252. The largest absolute Gasteiger partial charge is 0.490 e. The molecule has 0 saturated carbocycles. The summed E-state index contributed by atoms with van der Waals surface area (Å²) in [6, 6.07) is 9.46. The number of hydrogen-bond donors (Lipinski definition) is 1. The van der Waals surface area contributed by atoms with Gasteiger partial charge in [0, 0.05) is 35.5 Å². The van der Waals surface area contributed by atoms with E-state index in [0.29, 0.717) is 29.2 Å². The van der Waals surface area contributed by atoms with Crippen LogP contribution in [-0.4, -0.2) is 29.9 Å². The second-order valence-electron chi connectivity index (χ2n) is 7.57. The van der Waals surface area contributed by atoms with Gasteiger partial charge in [-0.1, -0.05) is 6.07 Å². The van der Waals surface area contributed by atoms with E-state index in [0.717, 1.165) is 0 Å². The van der Waals surface area contributed by atoms with Crippen LogP contribution >= 0.6 is 0 Å². The van der Waals surface area contributed by atoms with Gasteiger partial charge in [-0.3, -0.25) is 19.7 Å². The maximum atomic E-state index is 12.8. The van der Waals surface area contributed by atoms with Crippen molar-refractivity contribution in [1.82, 2.24) is 0 Å². The number of benzene rings is 2. The van der Waals surface area contributed by atoms with E-state index in [9.17, 15) is 19.7 Å². The highest BCUT2D eigenvalue weighted by molar-refractivity contribution is 6.06. The van der Waals surface area contributed by atoms with E-state index in [1.807, 2.05) is 20.8 Å². The van der Waals surface area contributed by atoms with E-state index in [1.54, 1.807) is 30.0 Å². The Hall–Kier alpha value is -3.42. The van der Waals surface area contributed by atoms with Crippen LogP contribution in [0.5, 0.6) is 5.75 Å². The molecule has 0 spiro atoms. The molecule has 1 N–H and O–H groups in total. The number of fused-ring (bicyclic) bond motifs is 1. The lowest BCUT2D eigenvalue weighted by molar-refractivity contribution is -0.385. The molecule has 0 fully saturated rings. The molecule has 1 aliphatic heterocycles. The SMILES string of the molecule is CCN1C(=O)C(C)(C)COc2cc(NC(=O)c3cccc([N+](=O)[O-])c3C)ccc21. The summed E-state index contributed by atoms with van der Waals surface area (Å²) >= 11 is 0. The predicted molar refractivity (Wildman–Crippen MR) is 110 cm³/mol. The molecular weight excluding hydrogens is 374 g/mol. The Labute approximate surface area is 168 Å². The number of hydrogen-bond acceptors (Lipinski definition) is 5. The molecule has 0 unspecified atom stereocenters. The maximum Gasteiger partial charge on any atom is 0.273 e. The monoisotopic (exact) mass is 397 g/mol. The Bertz CT molecular complexity index is 1000. The average molecular weight is 397 g/mol. The lowest BCUT2D eigenvalue weighted by atomic mass is 9.93. The molecule has 1 heterocycles. The highest BCUT2D eigenvalue weighted by atomic mass is 16.6. The van der Waals surface area contributed by atoms with Gasteiger partial charge in [0.1, 0.15) is 12.4 Å². The molecule has 152 valence electrons. The van der Waals surface area contributed by atoms with Gasteiger partial charge in [-0.2, -0.15) is 0 Å². The van der Waals surface area contributed by atoms with Crippen LogP contribution in [0.1, 0.15) is 36.7 Å². The van der Waals surface area contributed by atoms with Crippen molar-refractivity contribution in [2.45, 2.75) is 27.7 Å². The van der Waals surface area contributed by atoms with Gasteiger partial charge < -0.3 is 15.0 Å². The van der Waals surface area contributed by atoms with Crippen molar-refractivity contribution in [2.24, 2.45) is 5.41 Å². The van der Waals surface area contributed by atoms with E-state index in [2.05, 4.69) is 5.32 Å². The Kier molecular flexibility index (Phi) is 5.28. The van der Waals surface area contributed by atoms with Crippen molar-refractivity contribution in [3.63, 3.8) is 0 Å². The summed E-state index contributed by atoms with van der Waals surface area (Å²) in [7, 11) is 0. The zero-order chi connectivity index (χ0) is 21.3. The quantitative estimate of drug-likeness (QED) is 0.622. The molecule has 0 aromatic heterocycles. The molecule has 0 radical (unpaired) electrons. The molecule has 0 saturated heterocycles. The molecule has 3 rings (SSSR count). The van der Waals surface area contributed by atoms with Crippen molar-refractivity contribution in [2.75, 3.05) is 23.4 Å². The first-order valence-corrected chi connectivity index (χ1v) is 9.30. The standard InChI is InChI=1S/C21H23N3O5/c1-5-23-17-10-9-14(11-18(17)29-12-21(3,4)20(23)26)22-19(25)15-7-6-8-16(13(15)2)24(27)28/h6-11H,5,12H2,1-4H3,(H,22,25). The third-order valence-corrected chi connectivity index (χ3v) is 4.98. The number of carbonyl (C=O) groups excluding carboxylic acids is 2. The Balaban J connectivity index is 1.91. The van der Waals surface area contributed by atoms with Gasteiger partial charge in [0.05, 0.1) is 16.0 Å². The lowest BCUT2D eigenvalue weighted by Crippen LogP contribution is -2.42. The zero-order valence-electron chi connectivity index (χ0n) is 16.8. The van der Waals surface area contributed by atoms with Crippen molar-refractivity contribution in [3.8, 4) is 5.75 Å². The van der Waals surface area contributed by atoms with Crippen LogP contribution in [0.3, 0.4) is 0 Å². The summed E-state index contributed by atoms with van der Waals surface area (Å²) in [6.07, 6.45) is 0. The average Bonchev–Trinajstić information content (AvgIpc) is 2.76. The van der Waals surface area contributed by atoms with E-state index >= 15 is 0 Å². The van der Waals surface area contributed by atoms with Gasteiger partial charge >= 0.3 is 0 Å². The van der Waals surface area contributed by atoms with Crippen LogP contribution in [0.4, 0.5) is 17.1 Å². The van der Waals surface area contributed by atoms with Gasteiger partial charge in [-0.05, 0) is 45.9 Å². The van der Waals surface area contributed by atoms with E-state index in [4.69, 9.17) is 4.74 Å². The predicted octanol–water partition coefficient (Wildman–Crippen LogP) is 3.93. The third kappa shape index (κ3) is 3.78. The molecule has 0 atom stereocenters. The van der Waals surface area contributed by atoms with Crippen LogP contribution in [0, 0.1) is 22.5 Å². The lowest BCUT2D eigenvalue weighted by Gasteiger charge is -2.26. The van der Waals surface area contributed by atoms with Crippen molar-refractivity contribution >= 4 is 28.9 Å². The van der Waals surface area contributed by atoms with Crippen molar-refractivity contribution in [3.05, 3.63) is 57.6 Å². The highest BCUT2D eigenvalue weighted by Gasteiger charge is 2.37. The van der Waals surface area contributed by atoms with Crippen LogP contribution in [0.15, 0.2) is 36.4 Å². The van der Waals surface area contributed by atoms with Crippen molar-refractivity contribution in [1.29, 1.82) is 0 Å². The maximum absolute atomic E-state index is 12.8. The van der Waals surface area contributed by atoms with Crippen LogP contribution in [0.2, 0.25) is 0 Å². The number of amides is 2. The van der Waals surface area contributed by atoms with Crippen molar-refractivity contribution < 1.29 is 19.2 Å². The zero-order valence-corrected chi connectivity index (χ0v) is 16.8. The fraction of sp³-hybridized carbons (Fsp3) is 0.333. The number of nitrogens with one attached hydrogen (secondary N) is 1. The molecule has 0 aliphatic carbocycles. The van der Waals surface area contributed by atoms with E-state index in [-0.39, 0.29) is 23.8 Å². The second kappa shape index (κ2) is 7.54. The number of nitro benzene ring substituents is 1. The first-order chi connectivity index (χ1) is 13.7. The number of ether oxygens (including phenoxy) is 1. The van der Waals surface area contributed by atoms with E-state index < -0.39 is 16.2 Å². The molecule has 1 aliphatic rings. The molecule has 8 heteroatoms. The summed E-state index contributed by atoms with van der Waals surface area (Å²) in [5, 5.41) is 13.9. The Morgan fingerprint density at radius 2 is 2.03 bits per heavy atom. The third-order valence-electron chi connectivity index (χ3n) is 4.98. The summed E-state index contributed by atoms with van der Waals surface area (Å²) in [5.41, 5.74) is 0.864. The minimum atomic E-state index is -0.668. The van der Waals surface area contributed by atoms with Crippen LogP contribution in [0.25, 0.3) is 0 Å². The summed E-state index contributed by atoms with van der Waals surface area (Å²) in [6.45, 7) is 7.81. The smallest absolute Gasteiger partial charge is 0.273 e. The molecule has 2 aromatic carbocycles. The van der Waals surface area contributed by atoms with Gasteiger partial charge in [0.25, 0.3) is 11.6 Å². The van der Waals surface area contributed by atoms with Gasteiger partial charge in [-0.15, -0.1) is 0 Å². The van der Waals surface area contributed by atoms with Crippen LogP contribution < -0.4 is 15.0 Å². The Morgan fingerprint density at radius 1 is 1.31 bits per heavy atom. The molecule has 2 amide bonds. The Morgan fingerprint density at radius 3 is 2.69 bits per heavy atom. The second-order valence-corrected chi connectivity index (χ2v) is 7.57. The highest BCUT2D eigenvalue weighted by Crippen LogP contribution is 2.38. The number of anilines is 2.